The van der Waals surface area contributed by atoms with Crippen LogP contribution < -0.4 is 0 Å². The number of hydrogen-bond acceptors (Lipinski definition) is 15. The highest BCUT2D eigenvalue weighted by Crippen LogP contribution is 2.45. The molecule has 0 aromatic carbocycles. The zero-order chi connectivity index (χ0) is 71.2. The predicted molar refractivity (Wildman–Crippen MR) is 395 cm³/mol. The van der Waals surface area contributed by atoms with Crippen LogP contribution in [0.15, 0.2) is 0 Å². The van der Waals surface area contributed by atoms with Crippen molar-refractivity contribution in [1.29, 1.82) is 0 Å². The maximum absolute atomic E-state index is 13.1. The van der Waals surface area contributed by atoms with Crippen LogP contribution in [0.3, 0.4) is 0 Å². The lowest BCUT2D eigenvalue weighted by molar-refractivity contribution is -0.161. The number of carbonyl (C=O) groups excluding carboxylic acids is 4. The second-order valence-corrected chi connectivity index (χ2v) is 31.5. The molecule has 2 unspecified atom stereocenters. The quantitative estimate of drug-likeness (QED) is 0.0222. The molecular weight excluding hydrogens is 1270 g/mol. The first-order valence-corrected chi connectivity index (χ1v) is 43.6. The fraction of sp³-hybridized carbons (Fsp3) is 0.949. The monoisotopic (exact) mass is 1420 g/mol. The smallest absolute Gasteiger partial charge is 0.462 e. The zero-order valence-corrected chi connectivity index (χ0v) is 65.0. The Labute approximate surface area is 594 Å². The number of aliphatic hydroxyl groups is 1. The number of phosphoric ester groups is 2. The van der Waals surface area contributed by atoms with Gasteiger partial charge in [0.2, 0.25) is 0 Å². The number of phosphoric acid groups is 2. The third-order valence-electron chi connectivity index (χ3n) is 18.3. The molecule has 97 heavy (non-hydrogen) atoms. The molecule has 0 amide bonds. The SMILES string of the molecule is CCCCCCCCCCCCCCCCCCC(=O)O[C@H](COC(=O)CCCCCCCCCCCCCCCCC)COP(=O)(O)OC[C@@H](O)COP(=O)(O)OC[C@@H](COC(=O)CCCCCCCCCCCCCCC)OC(=O)CCCCCCCCCCCCC(C)C. The molecule has 0 aromatic heterocycles. The first-order valence-electron chi connectivity index (χ1n) is 40.6. The molecule has 0 saturated carbocycles. The summed E-state index contributed by atoms with van der Waals surface area (Å²) in [6, 6.07) is 0. The van der Waals surface area contributed by atoms with Gasteiger partial charge in [-0.15, -0.1) is 0 Å². The van der Waals surface area contributed by atoms with E-state index in [4.69, 9.17) is 37.0 Å². The molecule has 0 bridgehead atoms. The standard InChI is InChI=1S/C78H152O17P2/c1-6-9-12-15-18-21-24-27-29-31-34-37-43-48-53-58-63-77(82)94-73(67-89-76(81)62-57-52-47-42-36-33-30-28-25-22-19-16-13-10-7-2)69-92-96(84,85)90-65-72(79)66-91-97(86,87)93-70-74(95-78(83)64-59-54-49-44-39-38-40-45-50-55-60-71(4)5)68-88-75(80)61-56-51-46-41-35-32-26-23-20-17-14-11-8-3/h71-74,79H,6-70H2,1-5H3,(H,84,85)(H,86,87)/t72-,73-,74-/m1/s1. The summed E-state index contributed by atoms with van der Waals surface area (Å²) in [6.45, 7) is 7.31. The van der Waals surface area contributed by atoms with E-state index in [9.17, 15) is 43.2 Å². The van der Waals surface area contributed by atoms with Crippen molar-refractivity contribution in [3.8, 4) is 0 Å². The lowest BCUT2D eigenvalue weighted by Gasteiger charge is -2.21. The van der Waals surface area contributed by atoms with Crippen molar-refractivity contribution in [2.24, 2.45) is 5.92 Å². The summed E-state index contributed by atoms with van der Waals surface area (Å²) in [7, 11) is -9.91. The Morgan fingerprint density at radius 3 is 0.701 bits per heavy atom. The summed E-state index contributed by atoms with van der Waals surface area (Å²) in [6.07, 6.45) is 60.8. The predicted octanol–water partition coefficient (Wildman–Crippen LogP) is 23.3. The molecule has 19 heteroatoms. The summed E-state index contributed by atoms with van der Waals surface area (Å²) in [5.41, 5.74) is 0. The molecule has 0 aliphatic heterocycles. The van der Waals surface area contributed by atoms with Crippen molar-refractivity contribution in [3.63, 3.8) is 0 Å². The molecule has 0 heterocycles. The minimum Gasteiger partial charge on any atom is -0.462 e. The van der Waals surface area contributed by atoms with Gasteiger partial charge in [0.1, 0.15) is 19.3 Å². The summed E-state index contributed by atoms with van der Waals surface area (Å²) in [5, 5.41) is 10.6. The molecule has 0 rings (SSSR count). The number of hydrogen-bond donors (Lipinski definition) is 3. The van der Waals surface area contributed by atoms with Crippen LogP contribution in [0.5, 0.6) is 0 Å². The van der Waals surface area contributed by atoms with E-state index in [-0.39, 0.29) is 25.7 Å². The van der Waals surface area contributed by atoms with Gasteiger partial charge in [-0.3, -0.25) is 37.3 Å². The van der Waals surface area contributed by atoms with Crippen molar-refractivity contribution in [2.75, 3.05) is 39.6 Å². The molecule has 5 atom stereocenters. The lowest BCUT2D eigenvalue weighted by atomic mass is 10.0. The number of aliphatic hydroxyl groups excluding tert-OH is 1. The fourth-order valence-corrected chi connectivity index (χ4v) is 13.6. The largest absolute Gasteiger partial charge is 0.472 e. The van der Waals surface area contributed by atoms with Crippen LogP contribution in [0, 0.1) is 5.92 Å². The van der Waals surface area contributed by atoms with E-state index in [2.05, 4.69) is 34.6 Å². The normalized spacial score (nSPS) is 13.9. The van der Waals surface area contributed by atoms with Crippen LogP contribution in [0.4, 0.5) is 0 Å². The van der Waals surface area contributed by atoms with Crippen LogP contribution in [0.1, 0.15) is 413 Å². The number of ether oxygens (including phenoxy) is 4. The lowest BCUT2D eigenvalue weighted by Crippen LogP contribution is -2.30. The average Bonchev–Trinajstić information content (AvgIpc) is 1.17. The molecule has 0 aromatic rings. The number of rotatable bonds is 78. The highest BCUT2D eigenvalue weighted by Gasteiger charge is 2.30. The third kappa shape index (κ3) is 72.2. The maximum Gasteiger partial charge on any atom is 0.472 e. The van der Waals surface area contributed by atoms with Gasteiger partial charge in [-0.25, -0.2) is 9.13 Å². The Hall–Kier alpha value is -1.94. The van der Waals surface area contributed by atoms with E-state index in [1.54, 1.807) is 0 Å². The van der Waals surface area contributed by atoms with Gasteiger partial charge in [0.25, 0.3) is 0 Å². The minimum atomic E-state index is -4.96. The molecular formula is C78H152O17P2. The fourth-order valence-electron chi connectivity index (χ4n) is 12.1. The number of carbonyl (C=O) groups is 4. The molecule has 3 N–H and O–H groups in total. The summed E-state index contributed by atoms with van der Waals surface area (Å²) < 4.78 is 68.7. The van der Waals surface area contributed by atoms with Gasteiger partial charge in [-0.1, -0.05) is 362 Å². The molecule has 0 radical (unpaired) electrons. The third-order valence-corrected chi connectivity index (χ3v) is 20.2. The van der Waals surface area contributed by atoms with Crippen LogP contribution >= 0.6 is 15.6 Å². The number of unbranched alkanes of at least 4 members (excludes halogenated alkanes) is 50. The molecule has 0 aliphatic rings. The molecule has 576 valence electrons. The van der Waals surface area contributed by atoms with Gasteiger partial charge < -0.3 is 33.8 Å². The molecule has 0 saturated heterocycles. The minimum absolute atomic E-state index is 0.107. The Balaban J connectivity index is 5.26. The Bertz CT molecular complexity index is 1860. The van der Waals surface area contributed by atoms with Crippen molar-refractivity contribution < 1.29 is 80.2 Å². The Morgan fingerprint density at radius 2 is 0.474 bits per heavy atom. The van der Waals surface area contributed by atoms with Gasteiger partial charge >= 0.3 is 39.5 Å². The molecule has 0 fully saturated rings. The van der Waals surface area contributed by atoms with Gasteiger partial charge in [0.05, 0.1) is 26.4 Å². The van der Waals surface area contributed by atoms with E-state index in [1.165, 1.54) is 238 Å². The van der Waals surface area contributed by atoms with Crippen LogP contribution in [0.2, 0.25) is 0 Å². The Morgan fingerprint density at radius 1 is 0.278 bits per heavy atom. The topological polar surface area (TPSA) is 237 Å². The average molecular weight is 1420 g/mol. The second kappa shape index (κ2) is 71.1. The van der Waals surface area contributed by atoms with E-state index in [0.29, 0.717) is 25.7 Å². The highest BCUT2D eigenvalue weighted by molar-refractivity contribution is 7.47. The van der Waals surface area contributed by atoms with E-state index >= 15 is 0 Å². The summed E-state index contributed by atoms with van der Waals surface area (Å²) in [5.74, 6) is -1.36. The van der Waals surface area contributed by atoms with Crippen molar-refractivity contribution in [3.05, 3.63) is 0 Å². The maximum atomic E-state index is 13.1. The van der Waals surface area contributed by atoms with Gasteiger partial charge in [0, 0.05) is 25.7 Å². The second-order valence-electron chi connectivity index (χ2n) is 28.6. The van der Waals surface area contributed by atoms with Crippen LogP contribution in [0.25, 0.3) is 0 Å². The van der Waals surface area contributed by atoms with E-state index in [1.807, 2.05) is 0 Å². The van der Waals surface area contributed by atoms with Gasteiger partial charge in [0.15, 0.2) is 12.2 Å². The van der Waals surface area contributed by atoms with E-state index < -0.39 is 97.5 Å². The highest BCUT2D eigenvalue weighted by atomic mass is 31.2. The van der Waals surface area contributed by atoms with Gasteiger partial charge in [-0.2, -0.15) is 0 Å². The first-order chi connectivity index (χ1) is 47.0. The molecule has 0 spiro atoms. The van der Waals surface area contributed by atoms with Crippen LogP contribution in [-0.2, 0) is 65.4 Å². The van der Waals surface area contributed by atoms with Crippen molar-refractivity contribution >= 4 is 39.5 Å². The molecule has 0 aliphatic carbocycles. The number of esters is 4. The summed E-state index contributed by atoms with van der Waals surface area (Å²) >= 11 is 0. The van der Waals surface area contributed by atoms with Crippen LogP contribution in [-0.4, -0.2) is 96.7 Å². The first kappa shape index (κ1) is 95.1. The van der Waals surface area contributed by atoms with E-state index in [0.717, 1.165) is 95.8 Å². The van der Waals surface area contributed by atoms with Crippen molar-refractivity contribution in [1.82, 2.24) is 0 Å². The summed E-state index contributed by atoms with van der Waals surface area (Å²) in [4.78, 5) is 72.9. The zero-order valence-electron chi connectivity index (χ0n) is 63.2. The Kier molecular flexibility index (Phi) is 69.6. The van der Waals surface area contributed by atoms with Crippen molar-refractivity contribution in [2.45, 2.75) is 432 Å². The molecule has 17 nitrogen and oxygen atoms in total. The van der Waals surface area contributed by atoms with Gasteiger partial charge in [-0.05, 0) is 31.6 Å².